The lowest BCUT2D eigenvalue weighted by molar-refractivity contribution is -0.137. The summed E-state index contributed by atoms with van der Waals surface area (Å²) < 4.78 is 46.4. The molecule has 0 radical (unpaired) electrons. The number of alkyl halides is 3. The molecule has 0 saturated heterocycles. The van der Waals surface area contributed by atoms with Gasteiger partial charge in [-0.2, -0.15) is 13.2 Å². The van der Waals surface area contributed by atoms with Crippen molar-refractivity contribution in [2.24, 2.45) is 0 Å². The molecule has 0 spiro atoms. The van der Waals surface area contributed by atoms with Crippen molar-refractivity contribution in [1.82, 2.24) is 4.57 Å². The molecule has 1 N–H and O–H groups in total. The molecule has 2 rings (SSSR count). The molecule has 24 heavy (non-hydrogen) atoms. The van der Waals surface area contributed by atoms with Crippen LogP contribution in [0.1, 0.15) is 28.4 Å². The van der Waals surface area contributed by atoms with Crippen molar-refractivity contribution in [1.29, 1.82) is 0 Å². The molecule has 1 aromatic heterocycles. The first-order chi connectivity index (χ1) is 11.3. The molecular weight excluding hydrogens is 323 g/mol. The second-order valence-corrected chi connectivity index (χ2v) is 5.20. The number of hydrogen-bond acceptors (Lipinski definition) is 3. The van der Waals surface area contributed by atoms with Gasteiger partial charge in [0, 0.05) is 18.3 Å². The summed E-state index contributed by atoms with van der Waals surface area (Å²) in [5, 5.41) is 9.20. The average Bonchev–Trinajstić information content (AvgIpc) is 2.83. The highest BCUT2D eigenvalue weighted by Gasteiger charge is 2.35. The molecule has 7 heteroatoms. The van der Waals surface area contributed by atoms with Gasteiger partial charge >= 0.3 is 12.1 Å². The zero-order chi connectivity index (χ0) is 17.9. The minimum absolute atomic E-state index is 0.0356. The standard InChI is InChI=1S/C17H18F3NO3/c1-3-24-16(23)13-10-21(8-9-22)15(11(13)2)12-6-4-5-7-14(12)17(18,19)20/h4-7,10,22H,3,8-9H2,1-2H3. The third-order valence-corrected chi connectivity index (χ3v) is 3.66. The van der Waals surface area contributed by atoms with Crippen LogP contribution in [0, 0.1) is 6.92 Å². The fourth-order valence-electron chi connectivity index (χ4n) is 2.65. The molecule has 130 valence electrons. The summed E-state index contributed by atoms with van der Waals surface area (Å²) >= 11 is 0. The van der Waals surface area contributed by atoms with Gasteiger partial charge in [0.2, 0.25) is 0 Å². The van der Waals surface area contributed by atoms with Gasteiger partial charge in [0.05, 0.1) is 30.0 Å². The summed E-state index contributed by atoms with van der Waals surface area (Å²) in [7, 11) is 0. The molecule has 4 nitrogen and oxygen atoms in total. The molecule has 0 bridgehead atoms. The number of aliphatic hydroxyl groups excluding tert-OH is 1. The largest absolute Gasteiger partial charge is 0.462 e. The first-order valence-corrected chi connectivity index (χ1v) is 7.45. The molecule has 1 aromatic carbocycles. The molecule has 0 amide bonds. The number of halogens is 3. The Kier molecular flexibility index (Phi) is 5.33. The van der Waals surface area contributed by atoms with Crippen LogP contribution in [0.15, 0.2) is 30.5 Å². The topological polar surface area (TPSA) is 51.5 Å². The number of nitrogens with zero attached hydrogens (tertiary/aromatic N) is 1. The maximum absolute atomic E-state index is 13.3. The number of hydrogen-bond donors (Lipinski definition) is 1. The van der Waals surface area contributed by atoms with Gasteiger partial charge in [-0.25, -0.2) is 4.79 Å². The summed E-state index contributed by atoms with van der Waals surface area (Å²) in [5.41, 5.74) is 0.00297. The number of aliphatic hydroxyl groups is 1. The molecule has 0 aliphatic rings. The van der Waals surface area contributed by atoms with Gasteiger partial charge in [0.15, 0.2) is 0 Å². The molecule has 0 atom stereocenters. The lowest BCUT2D eigenvalue weighted by atomic mass is 10.00. The van der Waals surface area contributed by atoms with E-state index in [1.807, 2.05) is 0 Å². The van der Waals surface area contributed by atoms with Crippen molar-refractivity contribution < 1.29 is 27.8 Å². The van der Waals surface area contributed by atoms with E-state index in [1.165, 1.54) is 29.0 Å². The van der Waals surface area contributed by atoms with Crippen LogP contribution in [-0.4, -0.2) is 28.9 Å². The summed E-state index contributed by atoms with van der Waals surface area (Å²) in [5.74, 6) is -0.600. The Morgan fingerprint density at radius 3 is 2.54 bits per heavy atom. The molecular formula is C17H18F3NO3. The monoisotopic (exact) mass is 341 g/mol. The van der Waals surface area contributed by atoms with Crippen LogP contribution in [0.2, 0.25) is 0 Å². The van der Waals surface area contributed by atoms with Crippen LogP contribution in [0.4, 0.5) is 13.2 Å². The van der Waals surface area contributed by atoms with Crippen LogP contribution >= 0.6 is 0 Å². The van der Waals surface area contributed by atoms with E-state index < -0.39 is 17.7 Å². The van der Waals surface area contributed by atoms with Gasteiger partial charge < -0.3 is 14.4 Å². The molecule has 0 saturated carbocycles. The van der Waals surface area contributed by atoms with Crippen LogP contribution in [0.5, 0.6) is 0 Å². The fourth-order valence-corrected chi connectivity index (χ4v) is 2.65. The lowest BCUT2D eigenvalue weighted by Gasteiger charge is -2.15. The maximum atomic E-state index is 13.3. The van der Waals surface area contributed by atoms with Crippen LogP contribution in [0.3, 0.4) is 0 Å². The van der Waals surface area contributed by atoms with Crippen LogP contribution < -0.4 is 0 Å². The Bertz CT molecular complexity index is 735. The highest BCUT2D eigenvalue weighted by Crippen LogP contribution is 2.39. The van der Waals surface area contributed by atoms with Crippen LogP contribution in [-0.2, 0) is 17.5 Å². The molecule has 1 heterocycles. The van der Waals surface area contributed by atoms with Gasteiger partial charge in [-0.15, -0.1) is 0 Å². The van der Waals surface area contributed by atoms with Crippen molar-refractivity contribution in [3.63, 3.8) is 0 Å². The summed E-state index contributed by atoms with van der Waals surface area (Å²) in [6.45, 7) is 3.19. The number of aromatic nitrogens is 1. The quantitative estimate of drug-likeness (QED) is 0.845. The van der Waals surface area contributed by atoms with Gasteiger partial charge in [0.25, 0.3) is 0 Å². The number of esters is 1. The molecule has 0 aliphatic carbocycles. The zero-order valence-corrected chi connectivity index (χ0v) is 13.4. The van der Waals surface area contributed by atoms with Gasteiger partial charge in [-0.3, -0.25) is 0 Å². The summed E-state index contributed by atoms with van der Waals surface area (Å²) in [4.78, 5) is 12.0. The van der Waals surface area contributed by atoms with E-state index >= 15 is 0 Å². The summed E-state index contributed by atoms with van der Waals surface area (Å²) in [6.07, 6.45) is -3.10. The Morgan fingerprint density at radius 1 is 1.29 bits per heavy atom. The van der Waals surface area contributed by atoms with Gasteiger partial charge in [0.1, 0.15) is 0 Å². The minimum Gasteiger partial charge on any atom is -0.462 e. The molecule has 0 fully saturated rings. The van der Waals surface area contributed by atoms with E-state index in [0.717, 1.165) is 6.07 Å². The third kappa shape index (κ3) is 3.46. The van der Waals surface area contributed by atoms with Gasteiger partial charge in [-0.05, 0) is 25.5 Å². The predicted octanol–water partition coefficient (Wildman–Crippen LogP) is 3.65. The van der Waals surface area contributed by atoms with E-state index in [4.69, 9.17) is 4.74 Å². The molecule has 2 aromatic rings. The fraction of sp³-hybridized carbons (Fsp3) is 0.353. The number of carbonyl (C=O) groups is 1. The normalized spacial score (nSPS) is 11.6. The smallest absolute Gasteiger partial charge is 0.417 e. The van der Waals surface area contributed by atoms with Crippen molar-refractivity contribution in [2.45, 2.75) is 26.6 Å². The van der Waals surface area contributed by atoms with Gasteiger partial charge in [-0.1, -0.05) is 18.2 Å². The zero-order valence-electron chi connectivity index (χ0n) is 13.4. The Morgan fingerprint density at radius 2 is 1.96 bits per heavy atom. The Balaban J connectivity index is 2.68. The van der Waals surface area contributed by atoms with E-state index in [9.17, 15) is 23.1 Å². The second-order valence-electron chi connectivity index (χ2n) is 5.20. The van der Waals surface area contributed by atoms with Crippen molar-refractivity contribution in [2.75, 3.05) is 13.2 Å². The highest BCUT2D eigenvalue weighted by atomic mass is 19.4. The first-order valence-electron chi connectivity index (χ1n) is 7.45. The van der Waals surface area contributed by atoms with Crippen molar-refractivity contribution in [3.05, 3.63) is 47.2 Å². The predicted molar refractivity (Wildman–Crippen MR) is 82.6 cm³/mol. The minimum atomic E-state index is -4.53. The first kappa shape index (κ1) is 18.1. The Labute approximate surface area is 137 Å². The number of rotatable bonds is 5. The number of ether oxygens (including phenoxy) is 1. The third-order valence-electron chi connectivity index (χ3n) is 3.66. The maximum Gasteiger partial charge on any atom is 0.417 e. The van der Waals surface area contributed by atoms with E-state index in [0.29, 0.717) is 5.56 Å². The highest BCUT2D eigenvalue weighted by molar-refractivity contribution is 5.93. The molecule has 0 aliphatic heterocycles. The van der Waals surface area contributed by atoms with Crippen molar-refractivity contribution in [3.8, 4) is 11.3 Å². The van der Waals surface area contributed by atoms with Crippen molar-refractivity contribution >= 4 is 5.97 Å². The number of benzene rings is 1. The average molecular weight is 341 g/mol. The van der Waals surface area contributed by atoms with Crippen LogP contribution in [0.25, 0.3) is 11.3 Å². The second kappa shape index (κ2) is 7.09. The van der Waals surface area contributed by atoms with E-state index in [2.05, 4.69) is 0 Å². The lowest BCUT2D eigenvalue weighted by Crippen LogP contribution is -2.10. The summed E-state index contributed by atoms with van der Waals surface area (Å²) in [6, 6.07) is 5.17. The SMILES string of the molecule is CCOC(=O)c1cn(CCO)c(-c2ccccc2C(F)(F)F)c1C. The van der Waals surface area contributed by atoms with E-state index in [1.54, 1.807) is 13.8 Å². The molecule has 0 unspecified atom stereocenters. The Hall–Kier alpha value is -2.28. The number of carbonyl (C=O) groups excluding carboxylic acids is 1. The van der Waals surface area contributed by atoms with E-state index in [-0.39, 0.29) is 36.6 Å².